The quantitative estimate of drug-likeness (QED) is 0.778. The van der Waals surface area contributed by atoms with E-state index in [2.05, 4.69) is 22.4 Å². The fourth-order valence-electron chi connectivity index (χ4n) is 1.86. The van der Waals surface area contributed by atoms with E-state index in [9.17, 15) is 0 Å². The Hall–Kier alpha value is -0.560. The van der Waals surface area contributed by atoms with Crippen LogP contribution in [0.15, 0.2) is 0 Å². The van der Waals surface area contributed by atoms with Gasteiger partial charge in [0, 0.05) is 26.8 Å². The molecule has 0 bridgehead atoms. The third-order valence-electron chi connectivity index (χ3n) is 2.90. The zero-order valence-electron chi connectivity index (χ0n) is 10.4. The minimum absolute atomic E-state index is 0.206. The Labute approximate surface area is 106 Å². The number of rotatable bonds is 6. The van der Waals surface area contributed by atoms with Gasteiger partial charge >= 0.3 is 0 Å². The second kappa shape index (κ2) is 5.86. The van der Waals surface area contributed by atoms with Gasteiger partial charge in [-0.25, -0.2) is 0 Å². The molecule has 1 aromatic rings. The summed E-state index contributed by atoms with van der Waals surface area (Å²) in [5, 5.41) is 13.7. The van der Waals surface area contributed by atoms with Crippen molar-refractivity contribution in [1.82, 2.24) is 15.5 Å². The van der Waals surface area contributed by atoms with Crippen LogP contribution in [-0.2, 0) is 21.6 Å². The van der Waals surface area contributed by atoms with Gasteiger partial charge in [0.25, 0.3) is 0 Å². The molecular formula is C11H19N3O2S. The summed E-state index contributed by atoms with van der Waals surface area (Å²) < 4.78 is 10.7. The monoisotopic (exact) mass is 257 g/mol. The molecule has 1 aliphatic rings. The summed E-state index contributed by atoms with van der Waals surface area (Å²) in [6.45, 7) is 5.23. The molecule has 2 rings (SSSR count). The van der Waals surface area contributed by atoms with Gasteiger partial charge in [0.15, 0.2) is 0 Å². The SMILES string of the molecule is COCCNCc1nnc(C2(C)CCCO2)s1. The summed E-state index contributed by atoms with van der Waals surface area (Å²) in [4.78, 5) is 0. The zero-order chi connectivity index (χ0) is 12.1. The Morgan fingerprint density at radius 1 is 1.53 bits per heavy atom. The lowest BCUT2D eigenvalue weighted by molar-refractivity contribution is 0.0161. The lowest BCUT2D eigenvalue weighted by Gasteiger charge is -2.18. The minimum Gasteiger partial charge on any atom is -0.383 e. The normalized spacial score (nSPS) is 24.4. The molecular weight excluding hydrogens is 238 g/mol. The van der Waals surface area contributed by atoms with Gasteiger partial charge in [0.05, 0.1) is 6.61 Å². The summed E-state index contributed by atoms with van der Waals surface area (Å²) in [5.74, 6) is 0. The lowest BCUT2D eigenvalue weighted by Crippen LogP contribution is -2.19. The Morgan fingerprint density at radius 2 is 2.41 bits per heavy atom. The highest BCUT2D eigenvalue weighted by Crippen LogP contribution is 2.36. The van der Waals surface area contributed by atoms with Crippen LogP contribution >= 0.6 is 11.3 Å². The predicted octanol–water partition coefficient (Wildman–Crippen LogP) is 1.30. The smallest absolute Gasteiger partial charge is 0.149 e. The molecule has 0 saturated carbocycles. The first kappa shape index (κ1) is 12.9. The first-order valence-corrected chi connectivity index (χ1v) is 6.73. The topological polar surface area (TPSA) is 56.3 Å². The van der Waals surface area contributed by atoms with E-state index in [0.29, 0.717) is 6.61 Å². The van der Waals surface area contributed by atoms with Crippen LogP contribution < -0.4 is 5.32 Å². The maximum Gasteiger partial charge on any atom is 0.149 e. The first-order valence-electron chi connectivity index (χ1n) is 5.91. The Kier molecular flexibility index (Phi) is 4.44. The van der Waals surface area contributed by atoms with Gasteiger partial charge in [-0.1, -0.05) is 11.3 Å². The van der Waals surface area contributed by atoms with Gasteiger partial charge in [-0.05, 0) is 19.8 Å². The van der Waals surface area contributed by atoms with E-state index in [4.69, 9.17) is 9.47 Å². The van der Waals surface area contributed by atoms with E-state index in [-0.39, 0.29) is 5.60 Å². The highest BCUT2D eigenvalue weighted by Gasteiger charge is 2.35. The zero-order valence-corrected chi connectivity index (χ0v) is 11.2. The van der Waals surface area contributed by atoms with Gasteiger partial charge in [0.2, 0.25) is 0 Å². The van der Waals surface area contributed by atoms with Gasteiger partial charge in [-0.3, -0.25) is 0 Å². The summed E-state index contributed by atoms with van der Waals surface area (Å²) in [6.07, 6.45) is 2.15. The van der Waals surface area contributed by atoms with Crippen molar-refractivity contribution in [1.29, 1.82) is 0 Å². The van der Waals surface area contributed by atoms with Crippen molar-refractivity contribution in [3.05, 3.63) is 10.0 Å². The van der Waals surface area contributed by atoms with E-state index < -0.39 is 0 Å². The molecule has 1 aliphatic heterocycles. The molecule has 5 nitrogen and oxygen atoms in total. The number of aromatic nitrogens is 2. The van der Waals surface area contributed by atoms with Gasteiger partial charge < -0.3 is 14.8 Å². The molecule has 0 amide bonds. The molecule has 0 aliphatic carbocycles. The average Bonchev–Trinajstić information content (AvgIpc) is 2.94. The van der Waals surface area contributed by atoms with Crippen LogP contribution in [0, 0.1) is 0 Å². The number of hydrogen-bond donors (Lipinski definition) is 1. The van der Waals surface area contributed by atoms with Crippen molar-refractivity contribution >= 4 is 11.3 Å². The molecule has 1 fully saturated rings. The van der Waals surface area contributed by atoms with Crippen LogP contribution in [0.1, 0.15) is 29.8 Å². The standard InChI is InChI=1S/C11H19N3O2S/c1-11(4-3-6-16-11)10-14-13-9(17-10)8-12-5-7-15-2/h12H,3-8H2,1-2H3. The molecule has 96 valence electrons. The molecule has 1 atom stereocenters. The van der Waals surface area contributed by atoms with Crippen LogP contribution in [-0.4, -0.2) is 37.1 Å². The second-order valence-corrected chi connectivity index (χ2v) is 5.42. The molecule has 6 heteroatoms. The largest absolute Gasteiger partial charge is 0.383 e. The number of methoxy groups -OCH3 is 1. The van der Waals surface area contributed by atoms with Crippen molar-refractivity contribution in [3.8, 4) is 0 Å². The summed E-state index contributed by atoms with van der Waals surface area (Å²) in [7, 11) is 1.70. The second-order valence-electron chi connectivity index (χ2n) is 4.35. The van der Waals surface area contributed by atoms with Crippen LogP contribution in [0.3, 0.4) is 0 Å². The van der Waals surface area contributed by atoms with Crippen LogP contribution in [0.5, 0.6) is 0 Å². The van der Waals surface area contributed by atoms with E-state index >= 15 is 0 Å². The van der Waals surface area contributed by atoms with Crippen LogP contribution in [0.25, 0.3) is 0 Å². The van der Waals surface area contributed by atoms with E-state index in [1.54, 1.807) is 18.4 Å². The maximum absolute atomic E-state index is 5.75. The highest BCUT2D eigenvalue weighted by molar-refractivity contribution is 7.11. The molecule has 0 radical (unpaired) electrons. The van der Waals surface area contributed by atoms with Gasteiger partial charge in [-0.15, -0.1) is 10.2 Å². The molecule has 17 heavy (non-hydrogen) atoms. The third-order valence-corrected chi connectivity index (χ3v) is 4.07. The molecule has 1 unspecified atom stereocenters. The number of nitrogens with one attached hydrogen (secondary N) is 1. The summed E-state index contributed by atoms with van der Waals surface area (Å²) in [5.41, 5.74) is -0.206. The van der Waals surface area contributed by atoms with Crippen LogP contribution in [0.4, 0.5) is 0 Å². The Bertz CT molecular complexity index is 350. The number of ether oxygens (including phenoxy) is 2. The minimum atomic E-state index is -0.206. The number of hydrogen-bond acceptors (Lipinski definition) is 6. The highest BCUT2D eigenvalue weighted by atomic mass is 32.1. The molecule has 1 N–H and O–H groups in total. The number of nitrogens with zero attached hydrogens (tertiary/aromatic N) is 2. The lowest BCUT2D eigenvalue weighted by atomic mass is 10.0. The fourth-order valence-corrected chi connectivity index (χ4v) is 2.79. The molecule has 1 saturated heterocycles. The maximum atomic E-state index is 5.75. The van der Waals surface area contributed by atoms with Crippen molar-refractivity contribution in [3.63, 3.8) is 0 Å². The molecule has 0 spiro atoms. The fraction of sp³-hybridized carbons (Fsp3) is 0.818. The molecule has 2 heterocycles. The Balaban J connectivity index is 1.87. The average molecular weight is 257 g/mol. The van der Waals surface area contributed by atoms with Crippen molar-refractivity contribution in [2.24, 2.45) is 0 Å². The first-order chi connectivity index (χ1) is 8.24. The van der Waals surface area contributed by atoms with Crippen molar-refractivity contribution in [2.45, 2.75) is 31.9 Å². The van der Waals surface area contributed by atoms with E-state index in [0.717, 1.165) is 42.6 Å². The van der Waals surface area contributed by atoms with E-state index in [1.807, 2.05) is 0 Å². The third kappa shape index (κ3) is 3.22. The molecule has 1 aromatic heterocycles. The van der Waals surface area contributed by atoms with Gasteiger partial charge in [-0.2, -0.15) is 0 Å². The Morgan fingerprint density at radius 3 is 3.12 bits per heavy atom. The molecule has 0 aromatic carbocycles. The van der Waals surface area contributed by atoms with Crippen LogP contribution in [0.2, 0.25) is 0 Å². The summed E-state index contributed by atoms with van der Waals surface area (Å²) in [6, 6.07) is 0. The van der Waals surface area contributed by atoms with Crippen molar-refractivity contribution in [2.75, 3.05) is 26.9 Å². The van der Waals surface area contributed by atoms with Gasteiger partial charge in [0.1, 0.15) is 15.6 Å². The van der Waals surface area contributed by atoms with Crippen molar-refractivity contribution < 1.29 is 9.47 Å². The van der Waals surface area contributed by atoms with E-state index in [1.165, 1.54) is 0 Å². The predicted molar refractivity (Wildman–Crippen MR) is 66.0 cm³/mol. The summed E-state index contributed by atoms with van der Waals surface area (Å²) >= 11 is 1.64.